The highest BCUT2D eigenvalue weighted by molar-refractivity contribution is 5.97. The number of carbonyl (C=O) groups is 1. The van der Waals surface area contributed by atoms with E-state index >= 15 is 0 Å². The first-order valence-corrected chi connectivity index (χ1v) is 5.37. The number of hydrogen-bond acceptors (Lipinski definition) is 4. The molecule has 0 aliphatic carbocycles. The molecule has 6 heteroatoms. The van der Waals surface area contributed by atoms with Crippen LogP contribution < -0.4 is 5.32 Å². The SMILES string of the molecule is Cc1[nH]ncc1CNC(=O)c1cc(O)ccc1O. The number of nitrogens with one attached hydrogen (secondary N) is 2. The minimum absolute atomic E-state index is 0.0381. The zero-order chi connectivity index (χ0) is 13.1. The van der Waals surface area contributed by atoms with Gasteiger partial charge in [0.05, 0.1) is 11.8 Å². The van der Waals surface area contributed by atoms with Crippen molar-refractivity contribution in [3.05, 3.63) is 41.2 Å². The van der Waals surface area contributed by atoms with Crippen molar-refractivity contribution in [2.45, 2.75) is 13.5 Å². The van der Waals surface area contributed by atoms with Gasteiger partial charge in [0.2, 0.25) is 0 Å². The van der Waals surface area contributed by atoms with E-state index in [4.69, 9.17) is 0 Å². The summed E-state index contributed by atoms with van der Waals surface area (Å²) in [4.78, 5) is 11.8. The van der Waals surface area contributed by atoms with Crippen molar-refractivity contribution in [2.24, 2.45) is 0 Å². The lowest BCUT2D eigenvalue weighted by atomic mass is 10.1. The van der Waals surface area contributed by atoms with Gasteiger partial charge in [0.1, 0.15) is 11.5 Å². The quantitative estimate of drug-likeness (QED) is 0.609. The number of rotatable bonds is 3. The Labute approximate surface area is 103 Å². The number of amides is 1. The van der Waals surface area contributed by atoms with Crippen LogP contribution in [0.3, 0.4) is 0 Å². The molecular weight excluding hydrogens is 234 g/mol. The van der Waals surface area contributed by atoms with Gasteiger partial charge in [-0.25, -0.2) is 0 Å². The maximum atomic E-state index is 11.8. The van der Waals surface area contributed by atoms with Gasteiger partial charge in [-0.2, -0.15) is 5.10 Å². The van der Waals surface area contributed by atoms with E-state index in [-0.39, 0.29) is 17.1 Å². The molecule has 94 valence electrons. The van der Waals surface area contributed by atoms with Crippen LogP contribution in [0.25, 0.3) is 0 Å². The van der Waals surface area contributed by atoms with E-state index in [0.717, 1.165) is 11.3 Å². The Kier molecular flexibility index (Phi) is 3.18. The van der Waals surface area contributed by atoms with Crippen LogP contribution in [0.1, 0.15) is 21.6 Å². The van der Waals surface area contributed by atoms with Crippen LogP contribution in [0.15, 0.2) is 24.4 Å². The summed E-state index contributed by atoms with van der Waals surface area (Å²) in [5.74, 6) is -0.698. The normalized spacial score (nSPS) is 10.3. The minimum Gasteiger partial charge on any atom is -0.508 e. The van der Waals surface area contributed by atoms with E-state index in [1.165, 1.54) is 18.2 Å². The highest BCUT2D eigenvalue weighted by atomic mass is 16.3. The van der Waals surface area contributed by atoms with Gasteiger partial charge in [-0.15, -0.1) is 0 Å². The Bertz CT molecular complexity index is 578. The molecule has 0 aliphatic rings. The van der Waals surface area contributed by atoms with Gasteiger partial charge in [0.15, 0.2) is 0 Å². The van der Waals surface area contributed by atoms with Crippen molar-refractivity contribution < 1.29 is 15.0 Å². The molecule has 1 heterocycles. The van der Waals surface area contributed by atoms with Gasteiger partial charge in [0.25, 0.3) is 5.91 Å². The van der Waals surface area contributed by atoms with Gasteiger partial charge in [-0.1, -0.05) is 0 Å². The van der Waals surface area contributed by atoms with Crippen molar-refractivity contribution >= 4 is 5.91 Å². The van der Waals surface area contributed by atoms with Crippen LogP contribution in [0.5, 0.6) is 11.5 Å². The van der Waals surface area contributed by atoms with Crippen LogP contribution in [-0.2, 0) is 6.54 Å². The molecule has 0 bridgehead atoms. The Hall–Kier alpha value is -2.50. The molecule has 0 aliphatic heterocycles. The molecule has 1 aromatic heterocycles. The molecule has 2 rings (SSSR count). The van der Waals surface area contributed by atoms with Crippen LogP contribution in [0.4, 0.5) is 0 Å². The summed E-state index contributed by atoms with van der Waals surface area (Å²) in [6, 6.07) is 3.80. The number of hydrogen-bond donors (Lipinski definition) is 4. The number of carbonyl (C=O) groups excluding carboxylic acids is 1. The second-order valence-electron chi connectivity index (χ2n) is 3.90. The molecule has 0 saturated heterocycles. The number of benzene rings is 1. The average Bonchev–Trinajstić information content (AvgIpc) is 2.75. The molecule has 18 heavy (non-hydrogen) atoms. The fraction of sp³-hybridized carbons (Fsp3) is 0.167. The second kappa shape index (κ2) is 4.79. The number of aryl methyl sites for hydroxylation is 1. The molecule has 0 fully saturated rings. The van der Waals surface area contributed by atoms with Crippen molar-refractivity contribution in [1.82, 2.24) is 15.5 Å². The summed E-state index contributed by atoms with van der Waals surface area (Å²) in [5, 5.41) is 28.0. The number of aromatic amines is 1. The molecule has 2 aromatic rings. The number of phenols is 2. The maximum Gasteiger partial charge on any atom is 0.255 e. The number of aromatic hydroxyl groups is 2. The van der Waals surface area contributed by atoms with E-state index in [9.17, 15) is 15.0 Å². The second-order valence-corrected chi connectivity index (χ2v) is 3.90. The van der Waals surface area contributed by atoms with Crippen LogP contribution in [0, 0.1) is 6.92 Å². The summed E-state index contributed by atoms with van der Waals surface area (Å²) >= 11 is 0. The number of H-pyrrole nitrogens is 1. The first kappa shape index (κ1) is 12.0. The first-order valence-electron chi connectivity index (χ1n) is 5.37. The summed E-state index contributed by atoms with van der Waals surface area (Å²) in [5.41, 5.74) is 1.77. The molecule has 0 saturated carbocycles. The lowest BCUT2D eigenvalue weighted by Gasteiger charge is -2.06. The zero-order valence-corrected chi connectivity index (χ0v) is 9.77. The molecular formula is C12H13N3O3. The largest absolute Gasteiger partial charge is 0.508 e. The van der Waals surface area contributed by atoms with Crippen molar-refractivity contribution in [3.63, 3.8) is 0 Å². The topological polar surface area (TPSA) is 98.2 Å². The molecule has 1 aromatic carbocycles. The van der Waals surface area contributed by atoms with Crippen molar-refractivity contribution in [2.75, 3.05) is 0 Å². The Morgan fingerprint density at radius 1 is 1.44 bits per heavy atom. The molecule has 4 N–H and O–H groups in total. The number of phenolic OH excluding ortho intramolecular Hbond substituents is 2. The van der Waals surface area contributed by atoms with Gasteiger partial charge in [-0.3, -0.25) is 9.89 Å². The van der Waals surface area contributed by atoms with Crippen LogP contribution in [0.2, 0.25) is 0 Å². The van der Waals surface area contributed by atoms with Crippen molar-refractivity contribution in [3.8, 4) is 11.5 Å². The summed E-state index contributed by atoms with van der Waals surface area (Å²) in [6.45, 7) is 2.15. The van der Waals surface area contributed by atoms with Gasteiger partial charge in [-0.05, 0) is 25.1 Å². The van der Waals surface area contributed by atoms with Crippen LogP contribution in [-0.4, -0.2) is 26.3 Å². The lowest BCUT2D eigenvalue weighted by molar-refractivity contribution is 0.0948. The predicted molar refractivity (Wildman–Crippen MR) is 64.3 cm³/mol. The third-order valence-electron chi connectivity index (χ3n) is 2.60. The number of aromatic nitrogens is 2. The summed E-state index contributed by atoms with van der Waals surface area (Å²) in [6.07, 6.45) is 1.62. The Balaban J connectivity index is 2.08. The summed E-state index contributed by atoms with van der Waals surface area (Å²) in [7, 11) is 0. The fourth-order valence-corrected chi connectivity index (χ4v) is 1.53. The average molecular weight is 247 g/mol. The van der Waals surface area contributed by atoms with Crippen LogP contribution >= 0.6 is 0 Å². The van der Waals surface area contributed by atoms with E-state index in [2.05, 4.69) is 15.5 Å². The first-order chi connectivity index (χ1) is 8.58. The van der Waals surface area contributed by atoms with E-state index < -0.39 is 5.91 Å². The Morgan fingerprint density at radius 2 is 2.22 bits per heavy atom. The standard InChI is InChI=1S/C12H13N3O3/c1-7-8(6-14-15-7)5-13-12(18)10-4-9(16)2-3-11(10)17/h2-4,6,16-17H,5H2,1H3,(H,13,18)(H,14,15). The Morgan fingerprint density at radius 3 is 2.89 bits per heavy atom. The van der Waals surface area contributed by atoms with Gasteiger partial charge in [0, 0.05) is 17.8 Å². The monoisotopic (exact) mass is 247 g/mol. The van der Waals surface area contributed by atoms with Gasteiger partial charge < -0.3 is 15.5 Å². The van der Waals surface area contributed by atoms with E-state index in [0.29, 0.717) is 6.54 Å². The third kappa shape index (κ3) is 2.42. The van der Waals surface area contributed by atoms with E-state index in [1.807, 2.05) is 6.92 Å². The molecule has 0 atom stereocenters. The predicted octanol–water partition coefficient (Wildman–Crippen LogP) is 1.06. The molecule has 0 spiro atoms. The molecule has 0 unspecified atom stereocenters. The zero-order valence-electron chi connectivity index (χ0n) is 9.77. The lowest BCUT2D eigenvalue weighted by Crippen LogP contribution is -2.23. The highest BCUT2D eigenvalue weighted by Gasteiger charge is 2.12. The molecule has 0 radical (unpaired) electrons. The number of nitrogens with zero attached hydrogens (tertiary/aromatic N) is 1. The fourth-order valence-electron chi connectivity index (χ4n) is 1.53. The maximum absolute atomic E-state index is 11.8. The van der Waals surface area contributed by atoms with Gasteiger partial charge >= 0.3 is 0 Å². The smallest absolute Gasteiger partial charge is 0.255 e. The summed E-state index contributed by atoms with van der Waals surface area (Å²) < 4.78 is 0. The highest BCUT2D eigenvalue weighted by Crippen LogP contribution is 2.21. The van der Waals surface area contributed by atoms with E-state index in [1.54, 1.807) is 6.20 Å². The molecule has 1 amide bonds. The minimum atomic E-state index is -0.455. The molecule has 6 nitrogen and oxygen atoms in total. The third-order valence-corrected chi connectivity index (χ3v) is 2.60. The van der Waals surface area contributed by atoms with Crippen molar-refractivity contribution in [1.29, 1.82) is 0 Å².